The number of aromatic carboxylic acids is 1. The van der Waals surface area contributed by atoms with Crippen molar-refractivity contribution in [2.24, 2.45) is 0 Å². The van der Waals surface area contributed by atoms with Crippen molar-refractivity contribution in [1.29, 1.82) is 0 Å². The number of carboxylic acids is 1. The third-order valence-electron chi connectivity index (χ3n) is 3.15. The van der Waals surface area contributed by atoms with Crippen LogP contribution in [0.15, 0.2) is 42.5 Å². The van der Waals surface area contributed by atoms with Gasteiger partial charge in [-0.25, -0.2) is 4.79 Å². The molecule has 0 bridgehead atoms. The predicted molar refractivity (Wildman–Crippen MR) is 83.3 cm³/mol. The van der Waals surface area contributed by atoms with Gasteiger partial charge in [0.25, 0.3) is 0 Å². The molecule has 0 unspecified atom stereocenters. The Hall–Kier alpha value is -2.49. The highest BCUT2D eigenvalue weighted by molar-refractivity contribution is 5.89. The molecule has 0 radical (unpaired) electrons. The van der Waals surface area contributed by atoms with E-state index in [4.69, 9.17) is 9.84 Å². The molecule has 0 spiro atoms. The number of nitrogens with one attached hydrogen (secondary N) is 1. The summed E-state index contributed by atoms with van der Waals surface area (Å²) in [6, 6.07) is 13.1. The topological polar surface area (TPSA) is 58.6 Å². The maximum Gasteiger partial charge on any atom is 0.335 e. The van der Waals surface area contributed by atoms with Gasteiger partial charge < -0.3 is 15.2 Å². The highest BCUT2D eigenvalue weighted by Crippen LogP contribution is 2.15. The third-order valence-corrected chi connectivity index (χ3v) is 3.15. The summed E-state index contributed by atoms with van der Waals surface area (Å²) in [7, 11) is 0. The summed E-state index contributed by atoms with van der Waals surface area (Å²) in [4.78, 5) is 10.9. The van der Waals surface area contributed by atoms with E-state index in [2.05, 4.69) is 5.32 Å². The summed E-state index contributed by atoms with van der Waals surface area (Å²) in [6.45, 7) is 5.01. The second-order valence-corrected chi connectivity index (χ2v) is 4.93. The van der Waals surface area contributed by atoms with E-state index < -0.39 is 5.97 Å². The fraction of sp³-hybridized carbons (Fsp3) is 0.235. The van der Waals surface area contributed by atoms with Crippen LogP contribution in [-0.4, -0.2) is 24.2 Å². The summed E-state index contributed by atoms with van der Waals surface area (Å²) in [5.74, 6) is -0.0453. The molecule has 0 atom stereocenters. The number of hydrogen-bond donors (Lipinski definition) is 2. The van der Waals surface area contributed by atoms with Crippen molar-refractivity contribution < 1.29 is 14.6 Å². The molecular weight excluding hydrogens is 266 g/mol. The molecule has 0 saturated carbocycles. The number of rotatable bonds is 6. The van der Waals surface area contributed by atoms with Crippen LogP contribution in [0.2, 0.25) is 0 Å². The van der Waals surface area contributed by atoms with Crippen molar-refractivity contribution in [2.75, 3.05) is 18.5 Å². The first-order valence-corrected chi connectivity index (χ1v) is 6.83. The number of carboxylic acid groups (broad SMARTS) is 1. The Labute approximate surface area is 124 Å². The maximum atomic E-state index is 10.9. The molecule has 0 heterocycles. The molecule has 4 heteroatoms. The van der Waals surface area contributed by atoms with Crippen LogP contribution in [0.4, 0.5) is 5.69 Å². The first-order valence-electron chi connectivity index (χ1n) is 6.83. The van der Waals surface area contributed by atoms with Gasteiger partial charge in [0, 0.05) is 12.2 Å². The van der Waals surface area contributed by atoms with E-state index in [9.17, 15) is 4.79 Å². The van der Waals surface area contributed by atoms with Crippen LogP contribution in [0.25, 0.3) is 0 Å². The number of benzene rings is 2. The predicted octanol–water partition coefficient (Wildman–Crippen LogP) is 3.49. The third kappa shape index (κ3) is 4.24. The van der Waals surface area contributed by atoms with Crippen molar-refractivity contribution in [3.63, 3.8) is 0 Å². The lowest BCUT2D eigenvalue weighted by molar-refractivity contribution is 0.0696. The first-order chi connectivity index (χ1) is 10.1. The second kappa shape index (κ2) is 6.79. The van der Waals surface area contributed by atoms with Gasteiger partial charge in [0.05, 0.1) is 5.56 Å². The standard InChI is InChI=1S/C17H19NO3/c1-12-4-3-5-15(10-12)21-9-8-18-14-6-7-16(17(19)20)13(2)11-14/h3-7,10-11,18H,8-9H2,1-2H3,(H,19,20). The lowest BCUT2D eigenvalue weighted by Crippen LogP contribution is -2.12. The van der Waals surface area contributed by atoms with Crippen molar-refractivity contribution in [2.45, 2.75) is 13.8 Å². The van der Waals surface area contributed by atoms with Gasteiger partial charge in [0.1, 0.15) is 12.4 Å². The largest absolute Gasteiger partial charge is 0.492 e. The molecule has 0 amide bonds. The molecular formula is C17H19NO3. The van der Waals surface area contributed by atoms with Gasteiger partial charge in [-0.05, 0) is 55.3 Å². The molecule has 0 fully saturated rings. The fourth-order valence-corrected chi connectivity index (χ4v) is 2.08. The summed E-state index contributed by atoms with van der Waals surface area (Å²) < 4.78 is 5.64. The summed E-state index contributed by atoms with van der Waals surface area (Å²) in [5, 5.41) is 12.2. The summed E-state index contributed by atoms with van der Waals surface area (Å²) >= 11 is 0. The smallest absolute Gasteiger partial charge is 0.335 e. The van der Waals surface area contributed by atoms with Gasteiger partial charge in [0.15, 0.2) is 0 Å². The Morgan fingerprint density at radius 2 is 2.00 bits per heavy atom. The number of anilines is 1. The number of aryl methyl sites for hydroxylation is 2. The molecule has 0 aromatic heterocycles. The highest BCUT2D eigenvalue weighted by atomic mass is 16.5. The van der Waals surface area contributed by atoms with Crippen LogP contribution in [-0.2, 0) is 0 Å². The summed E-state index contributed by atoms with van der Waals surface area (Å²) in [6.07, 6.45) is 0. The quantitative estimate of drug-likeness (QED) is 0.798. The number of hydrogen-bond acceptors (Lipinski definition) is 3. The SMILES string of the molecule is Cc1cccc(OCCNc2ccc(C(=O)O)c(C)c2)c1. The zero-order chi connectivity index (χ0) is 15.2. The van der Waals surface area contributed by atoms with Crippen LogP contribution in [0, 0.1) is 13.8 Å². The first kappa shape index (κ1) is 14.9. The van der Waals surface area contributed by atoms with Gasteiger partial charge in [-0.1, -0.05) is 12.1 Å². The number of ether oxygens (including phenoxy) is 1. The molecule has 110 valence electrons. The zero-order valence-corrected chi connectivity index (χ0v) is 12.2. The number of carbonyl (C=O) groups is 1. The highest BCUT2D eigenvalue weighted by Gasteiger charge is 2.06. The van der Waals surface area contributed by atoms with Crippen LogP contribution in [0.3, 0.4) is 0 Å². The van der Waals surface area contributed by atoms with Crippen LogP contribution in [0.1, 0.15) is 21.5 Å². The molecule has 0 saturated heterocycles. The average molecular weight is 285 g/mol. The van der Waals surface area contributed by atoms with Gasteiger partial charge in [-0.3, -0.25) is 0 Å². The molecule has 4 nitrogen and oxygen atoms in total. The monoisotopic (exact) mass is 285 g/mol. The van der Waals surface area contributed by atoms with Crippen LogP contribution < -0.4 is 10.1 Å². The van der Waals surface area contributed by atoms with E-state index in [1.807, 2.05) is 37.3 Å². The molecule has 0 aliphatic heterocycles. The van der Waals surface area contributed by atoms with Gasteiger partial charge in [0.2, 0.25) is 0 Å². The van der Waals surface area contributed by atoms with Crippen molar-refractivity contribution in [3.8, 4) is 5.75 Å². The van der Waals surface area contributed by atoms with E-state index in [1.165, 1.54) is 5.56 Å². The maximum absolute atomic E-state index is 10.9. The fourth-order valence-electron chi connectivity index (χ4n) is 2.08. The Morgan fingerprint density at radius 3 is 2.67 bits per heavy atom. The minimum absolute atomic E-state index is 0.330. The van der Waals surface area contributed by atoms with E-state index >= 15 is 0 Å². The molecule has 2 aromatic rings. The Morgan fingerprint density at radius 1 is 1.19 bits per heavy atom. The van der Waals surface area contributed by atoms with Gasteiger partial charge in [-0.15, -0.1) is 0 Å². The normalized spacial score (nSPS) is 10.2. The molecule has 2 rings (SSSR count). The van der Waals surface area contributed by atoms with Crippen molar-refractivity contribution in [3.05, 3.63) is 59.2 Å². The van der Waals surface area contributed by atoms with Crippen LogP contribution in [0.5, 0.6) is 5.75 Å². The van der Waals surface area contributed by atoms with E-state index in [0.29, 0.717) is 18.7 Å². The van der Waals surface area contributed by atoms with Crippen molar-refractivity contribution in [1.82, 2.24) is 0 Å². The average Bonchev–Trinajstić information content (AvgIpc) is 2.43. The lowest BCUT2D eigenvalue weighted by Gasteiger charge is -2.10. The van der Waals surface area contributed by atoms with E-state index in [0.717, 1.165) is 17.0 Å². The Balaban J connectivity index is 1.84. The molecule has 0 aliphatic carbocycles. The second-order valence-electron chi connectivity index (χ2n) is 4.93. The molecule has 2 N–H and O–H groups in total. The van der Waals surface area contributed by atoms with Crippen LogP contribution >= 0.6 is 0 Å². The van der Waals surface area contributed by atoms with Gasteiger partial charge >= 0.3 is 5.97 Å². The minimum Gasteiger partial charge on any atom is -0.492 e. The minimum atomic E-state index is -0.901. The Bertz CT molecular complexity index is 638. The molecule has 2 aromatic carbocycles. The van der Waals surface area contributed by atoms with Gasteiger partial charge in [-0.2, -0.15) is 0 Å². The Kier molecular flexibility index (Phi) is 4.82. The van der Waals surface area contributed by atoms with E-state index in [1.54, 1.807) is 19.1 Å². The molecule has 0 aliphatic rings. The lowest BCUT2D eigenvalue weighted by atomic mass is 10.1. The molecule has 21 heavy (non-hydrogen) atoms. The summed E-state index contributed by atoms with van der Waals surface area (Å²) in [5.41, 5.74) is 3.13. The van der Waals surface area contributed by atoms with E-state index in [-0.39, 0.29) is 0 Å². The van der Waals surface area contributed by atoms with Crippen molar-refractivity contribution >= 4 is 11.7 Å². The zero-order valence-electron chi connectivity index (χ0n) is 12.2.